The first kappa shape index (κ1) is 13.1. The fraction of sp³-hybridized carbons (Fsp3) is 0.429. The minimum atomic E-state index is -0.339. The van der Waals surface area contributed by atoms with Crippen molar-refractivity contribution in [1.82, 2.24) is 4.90 Å². The highest BCUT2D eigenvalue weighted by atomic mass is 79.9. The highest BCUT2D eigenvalue weighted by Gasteiger charge is 2.52. The average molecular weight is 307 g/mol. The first-order valence-electron chi connectivity index (χ1n) is 5.99. The molecule has 0 spiro atoms. The average Bonchev–Trinajstić information content (AvgIpc) is 3.16. The summed E-state index contributed by atoms with van der Waals surface area (Å²) in [4.78, 5) is 14.1. The lowest BCUT2D eigenvalue weighted by Gasteiger charge is -2.23. The van der Waals surface area contributed by atoms with Crippen LogP contribution in [0.3, 0.4) is 0 Å². The van der Waals surface area contributed by atoms with Crippen LogP contribution in [0, 0.1) is 11.3 Å². The Morgan fingerprint density at radius 1 is 1.56 bits per heavy atom. The van der Waals surface area contributed by atoms with E-state index in [2.05, 4.69) is 22.0 Å². The Bertz CT molecular complexity index is 503. The van der Waals surface area contributed by atoms with Crippen LogP contribution >= 0.6 is 15.9 Å². The lowest BCUT2D eigenvalue weighted by atomic mass is 9.94. The summed E-state index contributed by atoms with van der Waals surface area (Å²) in [6.45, 7) is 0.505. The van der Waals surface area contributed by atoms with E-state index in [0.29, 0.717) is 13.0 Å². The van der Waals surface area contributed by atoms with Crippen LogP contribution in [0.2, 0.25) is 0 Å². The molecule has 1 aliphatic carbocycles. The standard InChI is InChI=1S/C14H15BrN2O/c1-17(9-3-8-16)13(18)14(6-7-14)11-4-2-5-12(15)10-11/h2,4-5,10H,3,6-7,9H2,1H3. The van der Waals surface area contributed by atoms with Gasteiger partial charge in [0.1, 0.15) is 0 Å². The van der Waals surface area contributed by atoms with Gasteiger partial charge in [0.25, 0.3) is 0 Å². The summed E-state index contributed by atoms with van der Waals surface area (Å²) in [6.07, 6.45) is 2.19. The molecule has 1 aromatic rings. The zero-order valence-corrected chi connectivity index (χ0v) is 11.9. The largest absolute Gasteiger partial charge is 0.344 e. The van der Waals surface area contributed by atoms with Gasteiger partial charge in [0.15, 0.2) is 0 Å². The molecule has 0 radical (unpaired) electrons. The van der Waals surface area contributed by atoms with Gasteiger partial charge in [-0.25, -0.2) is 0 Å². The number of nitriles is 1. The van der Waals surface area contributed by atoms with E-state index in [9.17, 15) is 4.79 Å². The van der Waals surface area contributed by atoms with Crippen LogP contribution in [-0.2, 0) is 10.2 Å². The minimum absolute atomic E-state index is 0.135. The van der Waals surface area contributed by atoms with Crippen LogP contribution in [0.4, 0.5) is 0 Å². The second-order valence-electron chi connectivity index (χ2n) is 4.73. The summed E-state index contributed by atoms with van der Waals surface area (Å²) < 4.78 is 0.999. The Morgan fingerprint density at radius 2 is 2.28 bits per heavy atom. The predicted molar refractivity (Wildman–Crippen MR) is 72.9 cm³/mol. The van der Waals surface area contributed by atoms with Gasteiger partial charge in [-0.2, -0.15) is 5.26 Å². The normalized spacial score (nSPS) is 15.8. The molecule has 1 saturated carbocycles. The maximum atomic E-state index is 12.4. The van der Waals surface area contributed by atoms with E-state index in [0.717, 1.165) is 22.9 Å². The van der Waals surface area contributed by atoms with Crippen molar-refractivity contribution in [3.8, 4) is 6.07 Å². The van der Waals surface area contributed by atoms with Gasteiger partial charge in [-0.3, -0.25) is 4.79 Å². The molecule has 18 heavy (non-hydrogen) atoms. The third-order valence-corrected chi connectivity index (χ3v) is 3.94. The smallest absolute Gasteiger partial charge is 0.232 e. The number of halogens is 1. The molecule has 0 aliphatic heterocycles. The van der Waals surface area contributed by atoms with Crippen LogP contribution in [0.25, 0.3) is 0 Å². The fourth-order valence-corrected chi connectivity index (χ4v) is 2.62. The van der Waals surface area contributed by atoms with Gasteiger partial charge in [0.05, 0.1) is 17.9 Å². The van der Waals surface area contributed by atoms with Gasteiger partial charge in [0, 0.05) is 18.1 Å². The van der Waals surface area contributed by atoms with E-state index in [1.54, 1.807) is 11.9 Å². The maximum Gasteiger partial charge on any atom is 0.232 e. The molecule has 0 saturated heterocycles. The van der Waals surface area contributed by atoms with Crippen molar-refractivity contribution in [2.45, 2.75) is 24.7 Å². The Balaban J connectivity index is 2.17. The zero-order valence-electron chi connectivity index (χ0n) is 10.3. The predicted octanol–water partition coefficient (Wildman–Crippen LogP) is 2.85. The lowest BCUT2D eigenvalue weighted by Crippen LogP contribution is -2.37. The minimum Gasteiger partial charge on any atom is -0.344 e. The number of nitrogens with zero attached hydrogens (tertiary/aromatic N) is 2. The van der Waals surface area contributed by atoms with Crippen LogP contribution < -0.4 is 0 Å². The first-order valence-corrected chi connectivity index (χ1v) is 6.78. The second-order valence-corrected chi connectivity index (χ2v) is 5.64. The monoisotopic (exact) mass is 306 g/mol. The zero-order chi connectivity index (χ0) is 13.2. The molecule has 4 heteroatoms. The van der Waals surface area contributed by atoms with Crippen molar-refractivity contribution in [2.75, 3.05) is 13.6 Å². The van der Waals surface area contributed by atoms with Gasteiger partial charge >= 0.3 is 0 Å². The number of hydrogen-bond donors (Lipinski definition) is 0. The quantitative estimate of drug-likeness (QED) is 0.858. The highest BCUT2D eigenvalue weighted by Crippen LogP contribution is 2.49. The van der Waals surface area contributed by atoms with E-state index < -0.39 is 0 Å². The first-order chi connectivity index (χ1) is 8.60. The summed E-state index contributed by atoms with van der Waals surface area (Å²) >= 11 is 3.44. The number of amides is 1. The van der Waals surface area contributed by atoms with Crippen molar-refractivity contribution in [1.29, 1.82) is 5.26 Å². The van der Waals surface area contributed by atoms with Gasteiger partial charge in [-0.1, -0.05) is 28.1 Å². The number of carbonyl (C=O) groups is 1. The van der Waals surface area contributed by atoms with Crippen molar-refractivity contribution in [3.05, 3.63) is 34.3 Å². The van der Waals surface area contributed by atoms with Crippen LogP contribution in [-0.4, -0.2) is 24.4 Å². The Hall–Kier alpha value is -1.34. The molecule has 0 unspecified atom stereocenters. The summed E-state index contributed by atoms with van der Waals surface area (Å²) in [5, 5.41) is 8.57. The summed E-state index contributed by atoms with van der Waals surface area (Å²) in [5.41, 5.74) is 0.735. The summed E-state index contributed by atoms with van der Waals surface area (Å²) in [7, 11) is 1.78. The number of rotatable bonds is 4. The molecule has 1 amide bonds. The van der Waals surface area contributed by atoms with Gasteiger partial charge in [-0.05, 0) is 30.5 Å². The topological polar surface area (TPSA) is 44.1 Å². The molecule has 0 bridgehead atoms. The van der Waals surface area contributed by atoms with Gasteiger partial charge in [0.2, 0.25) is 5.91 Å². The van der Waals surface area contributed by atoms with E-state index >= 15 is 0 Å². The molecule has 94 valence electrons. The third kappa shape index (κ3) is 2.41. The Morgan fingerprint density at radius 3 is 2.83 bits per heavy atom. The van der Waals surface area contributed by atoms with E-state index in [-0.39, 0.29) is 11.3 Å². The van der Waals surface area contributed by atoms with Gasteiger partial charge < -0.3 is 4.90 Å². The highest BCUT2D eigenvalue weighted by molar-refractivity contribution is 9.10. The maximum absolute atomic E-state index is 12.4. The SMILES string of the molecule is CN(CCC#N)C(=O)C1(c2cccc(Br)c2)CC1. The number of likely N-dealkylation sites (N-methyl/N-ethyl adjacent to an activating group) is 1. The van der Waals surface area contributed by atoms with Crippen molar-refractivity contribution in [2.24, 2.45) is 0 Å². The Labute approximate surface area is 116 Å². The molecule has 0 aromatic heterocycles. The van der Waals surface area contributed by atoms with Crippen LogP contribution in [0.5, 0.6) is 0 Å². The molecule has 1 fully saturated rings. The van der Waals surface area contributed by atoms with E-state index in [1.165, 1.54) is 0 Å². The number of benzene rings is 1. The Kier molecular flexibility index (Phi) is 3.72. The molecule has 1 aliphatic rings. The van der Waals surface area contributed by atoms with Crippen molar-refractivity contribution in [3.63, 3.8) is 0 Å². The molecular formula is C14H15BrN2O. The van der Waals surface area contributed by atoms with Crippen molar-refractivity contribution >= 4 is 21.8 Å². The molecule has 0 atom stereocenters. The second kappa shape index (κ2) is 5.11. The van der Waals surface area contributed by atoms with E-state index in [1.807, 2.05) is 24.3 Å². The third-order valence-electron chi connectivity index (χ3n) is 3.44. The number of hydrogen-bond acceptors (Lipinski definition) is 2. The molecule has 1 aromatic carbocycles. The van der Waals surface area contributed by atoms with Crippen molar-refractivity contribution < 1.29 is 4.79 Å². The molecular weight excluding hydrogens is 292 g/mol. The molecule has 0 heterocycles. The fourth-order valence-electron chi connectivity index (χ4n) is 2.22. The molecule has 2 rings (SSSR count). The molecule has 0 N–H and O–H groups in total. The van der Waals surface area contributed by atoms with Crippen LogP contribution in [0.15, 0.2) is 28.7 Å². The number of carbonyl (C=O) groups excluding carboxylic acids is 1. The lowest BCUT2D eigenvalue weighted by molar-refractivity contribution is -0.132. The summed E-state index contributed by atoms with van der Waals surface area (Å²) in [6, 6.07) is 10.0. The van der Waals surface area contributed by atoms with E-state index in [4.69, 9.17) is 5.26 Å². The van der Waals surface area contributed by atoms with Crippen LogP contribution in [0.1, 0.15) is 24.8 Å². The molecule has 3 nitrogen and oxygen atoms in total. The summed E-state index contributed by atoms with van der Waals surface area (Å²) in [5.74, 6) is 0.135. The van der Waals surface area contributed by atoms with Gasteiger partial charge in [-0.15, -0.1) is 0 Å².